The minimum Gasteiger partial charge on any atom is -0.385 e. The molecule has 0 aliphatic rings. The van der Waals surface area contributed by atoms with Crippen molar-refractivity contribution in [3.8, 4) is 0 Å². The monoisotopic (exact) mass is 272 g/mol. The van der Waals surface area contributed by atoms with E-state index in [1.165, 1.54) is 0 Å². The maximum absolute atomic E-state index is 12.0. The van der Waals surface area contributed by atoms with Crippen LogP contribution in [0.4, 0.5) is 5.69 Å². The lowest BCUT2D eigenvalue weighted by Crippen LogP contribution is -2.24. The van der Waals surface area contributed by atoms with E-state index in [9.17, 15) is 4.79 Å². The summed E-state index contributed by atoms with van der Waals surface area (Å²) in [6.45, 7) is 3.53. The Bertz CT molecular complexity index is 560. The SMILES string of the molecule is CCCNc1ccc(C(=O)NCc2ccnn2C)cc1. The topological polar surface area (TPSA) is 59.0 Å². The molecule has 0 saturated heterocycles. The molecule has 0 spiro atoms. The summed E-state index contributed by atoms with van der Waals surface area (Å²) in [7, 11) is 1.86. The third-order valence-electron chi connectivity index (χ3n) is 3.08. The maximum Gasteiger partial charge on any atom is 0.251 e. The van der Waals surface area contributed by atoms with Crippen molar-refractivity contribution >= 4 is 11.6 Å². The van der Waals surface area contributed by atoms with Crippen LogP contribution in [0, 0.1) is 0 Å². The lowest BCUT2D eigenvalue weighted by Gasteiger charge is -2.07. The van der Waals surface area contributed by atoms with Gasteiger partial charge in [-0.05, 0) is 36.8 Å². The Morgan fingerprint density at radius 1 is 1.25 bits per heavy atom. The van der Waals surface area contributed by atoms with Gasteiger partial charge in [0, 0.05) is 31.0 Å². The minimum atomic E-state index is -0.0757. The normalized spacial score (nSPS) is 10.3. The van der Waals surface area contributed by atoms with Crippen LogP contribution >= 0.6 is 0 Å². The number of benzene rings is 1. The van der Waals surface area contributed by atoms with E-state index < -0.39 is 0 Å². The van der Waals surface area contributed by atoms with Gasteiger partial charge >= 0.3 is 0 Å². The second-order valence-electron chi connectivity index (χ2n) is 4.63. The summed E-state index contributed by atoms with van der Waals surface area (Å²) in [5, 5.41) is 10.2. The van der Waals surface area contributed by atoms with Gasteiger partial charge < -0.3 is 10.6 Å². The van der Waals surface area contributed by atoms with Gasteiger partial charge in [0.05, 0.1) is 12.2 Å². The van der Waals surface area contributed by atoms with Crippen LogP contribution in [0.25, 0.3) is 0 Å². The number of carbonyl (C=O) groups excluding carboxylic acids is 1. The minimum absolute atomic E-state index is 0.0757. The summed E-state index contributed by atoms with van der Waals surface area (Å²) in [6, 6.07) is 9.40. The molecule has 0 saturated carbocycles. The van der Waals surface area contributed by atoms with Crippen LogP contribution in [0.15, 0.2) is 36.5 Å². The Morgan fingerprint density at radius 3 is 2.60 bits per heavy atom. The number of hydrogen-bond donors (Lipinski definition) is 2. The summed E-state index contributed by atoms with van der Waals surface area (Å²) < 4.78 is 1.75. The van der Waals surface area contributed by atoms with E-state index in [1.54, 1.807) is 10.9 Å². The fraction of sp³-hybridized carbons (Fsp3) is 0.333. The fourth-order valence-electron chi connectivity index (χ4n) is 1.86. The molecule has 2 rings (SSSR count). The van der Waals surface area contributed by atoms with Gasteiger partial charge in [-0.15, -0.1) is 0 Å². The van der Waals surface area contributed by atoms with Crippen molar-refractivity contribution in [3.63, 3.8) is 0 Å². The Morgan fingerprint density at radius 2 is 2.00 bits per heavy atom. The zero-order valence-corrected chi connectivity index (χ0v) is 11.9. The maximum atomic E-state index is 12.0. The molecule has 2 N–H and O–H groups in total. The molecular formula is C15H20N4O. The molecule has 0 radical (unpaired) electrons. The Kier molecular flexibility index (Phi) is 4.76. The summed E-state index contributed by atoms with van der Waals surface area (Å²) in [5.41, 5.74) is 2.67. The molecule has 2 aromatic rings. The molecular weight excluding hydrogens is 252 g/mol. The lowest BCUT2D eigenvalue weighted by atomic mass is 10.2. The number of amides is 1. The Labute approximate surface area is 119 Å². The highest BCUT2D eigenvalue weighted by molar-refractivity contribution is 5.94. The molecule has 1 amide bonds. The van der Waals surface area contributed by atoms with Gasteiger partial charge in [-0.25, -0.2) is 0 Å². The quantitative estimate of drug-likeness (QED) is 0.847. The van der Waals surface area contributed by atoms with Crippen LogP contribution in [0.2, 0.25) is 0 Å². The highest BCUT2D eigenvalue weighted by Crippen LogP contribution is 2.09. The van der Waals surface area contributed by atoms with Crippen molar-refractivity contribution in [3.05, 3.63) is 47.8 Å². The molecule has 0 aliphatic heterocycles. The molecule has 0 aliphatic carbocycles. The van der Waals surface area contributed by atoms with Gasteiger partial charge in [-0.2, -0.15) is 5.10 Å². The van der Waals surface area contributed by atoms with Gasteiger partial charge in [-0.1, -0.05) is 6.92 Å². The first-order valence-corrected chi connectivity index (χ1v) is 6.79. The number of anilines is 1. The van der Waals surface area contributed by atoms with Gasteiger partial charge in [0.25, 0.3) is 5.91 Å². The molecule has 0 bridgehead atoms. The largest absolute Gasteiger partial charge is 0.385 e. The first-order chi connectivity index (χ1) is 9.70. The van der Waals surface area contributed by atoms with Crippen molar-refractivity contribution in [1.29, 1.82) is 0 Å². The van der Waals surface area contributed by atoms with Gasteiger partial charge in [0.1, 0.15) is 0 Å². The highest BCUT2D eigenvalue weighted by Gasteiger charge is 2.06. The van der Waals surface area contributed by atoms with Crippen LogP contribution in [0.5, 0.6) is 0 Å². The van der Waals surface area contributed by atoms with Crippen molar-refractivity contribution in [2.24, 2.45) is 7.05 Å². The van der Waals surface area contributed by atoms with E-state index in [4.69, 9.17) is 0 Å². The van der Waals surface area contributed by atoms with Crippen molar-refractivity contribution < 1.29 is 4.79 Å². The standard InChI is InChI=1S/C15H20N4O/c1-3-9-16-13-6-4-12(5-7-13)15(20)17-11-14-8-10-18-19(14)2/h4-8,10,16H,3,9,11H2,1-2H3,(H,17,20). The molecule has 5 nitrogen and oxygen atoms in total. The van der Waals surface area contributed by atoms with E-state index in [-0.39, 0.29) is 5.91 Å². The van der Waals surface area contributed by atoms with Crippen molar-refractivity contribution in [2.75, 3.05) is 11.9 Å². The average Bonchev–Trinajstić information content (AvgIpc) is 2.88. The third-order valence-corrected chi connectivity index (χ3v) is 3.08. The number of rotatable bonds is 6. The highest BCUT2D eigenvalue weighted by atomic mass is 16.1. The molecule has 1 aromatic heterocycles. The molecule has 5 heteroatoms. The second-order valence-corrected chi connectivity index (χ2v) is 4.63. The molecule has 1 heterocycles. The number of aromatic nitrogens is 2. The van der Waals surface area contributed by atoms with Gasteiger partial charge in [-0.3, -0.25) is 9.48 Å². The summed E-state index contributed by atoms with van der Waals surface area (Å²) in [6.07, 6.45) is 2.79. The summed E-state index contributed by atoms with van der Waals surface area (Å²) >= 11 is 0. The van der Waals surface area contributed by atoms with E-state index in [0.29, 0.717) is 12.1 Å². The van der Waals surface area contributed by atoms with E-state index in [0.717, 1.165) is 24.3 Å². The van der Waals surface area contributed by atoms with E-state index >= 15 is 0 Å². The van der Waals surface area contributed by atoms with Crippen LogP contribution in [-0.4, -0.2) is 22.2 Å². The summed E-state index contributed by atoms with van der Waals surface area (Å²) in [4.78, 5) is 12.0. The molecule has 1 aromatic carbocycles. The fourth-order valence-corrected chi connectivity index (χ4v) is 1.86. The number of hydrogen-bond acceptors (Lipinski definition) is 3. The molecule has 0 unspecified atom stereocenters. The molecule has 0 fully saturated rings. The van der Waals surface area contributed by atoms with E-state index in [1.807, 2.05) is 37.4 Å². The Hall–Kier alpha value is -2.30. The Balaban J connectivity index is 1.90. The number of carbonyl (C=O) groups is 1. The average molecular weight is 272 g/mol. The zero-order valence-electron chi connectivity index (χ0n) is 11.9. The predicted molar refractivity (Wildman–Crippen MR) is 79.6 cm³/mol. The number of nitrogens with one attached hydrogen (secondary N) is 2. The van der Waals surface area contributed by atoms with Crippen molar-refractivity contribution in [1.82, 2.24) is 15.1 Å². The van der Waals surface area contributed by atoms with Crippen LogP contribution in [-0.2, 0) is 13.6 Å². The first kappa shape index (κ1) is 14.1. The smallest absolute Gasteiger partial charge is 0.251 e. The van der Waals surface area contributed by atoms with Gasteiger partial charge in [0.2, 0.25) is 0 Å². The lowest BCUT2D eigenvalue weighted by molar-refractivity contribution is 0.0950. The molecule has 0 atom stereocenters. The van der Waals surface area contributed by atoms with Crippen LogP contribution in [0.3, 0.4) is 0 Å². The zero-order chi connectivity index (χ0) is 14.4. The predicted octanol–water partition coefficient (Wildman–Crippen LogP) is 2.17. The van der Waals surface area contributed by atoms with E-state index in [2.05, 4.69) is 22.7 Å². The number of aryl methyl sites for hydroxylation is 1. The molecule has 20 heavy (non-hydrogen) atoms. The second kappa shape index (κ2) is 6.75. The first-order valence-electron chi connectivity index (χ1n) is 6.79. The van der Waals surface area contributed by atoms with Crippen LogP contribution < -0.4 is 10.6 Å². The third kappa shape index (κ3) is 3.60. The van der Waals surface area contributed by atoms with Crippen LogP contribution in [0.1, 0.15) is 29.4 Å². The number of nitrogens with zero attached hydrogens (tertiary/aromatic N) is 2. The van der Waals surface area contributed by atoms with Gasteiger partial charge in [0.15, 0.2) is 0 Å². The summed E-state index contributed by atoms with van der Waals surface area (Å²) in [5.74, 6) is -0.0757. The molecule has 106 valence electrons. The van der Waals surface area contributed by atoms with Crippen molar-refractivity contribution in [2.45, 2.75) is 19.9 Å².